The summed E-state index contributed by atoms with van der Waals surface area (Å²) in [5.41, 5.74) is 7.45. The lowest BCUT2D eigenvalue weighted by Crippen LogP contribution is -2.47. The second-order valence-electron chi connectivity index (χ2n) is 7.10. The fourth-order valence-corrected chi connectivity index (χ4v) is 4.73. The number of nitrogens with zero attached hydrogens (tertiary/aromatic N) is 2. The van der Waals surface area contributed by atoms with Gasteiger partial charge in [-0.15, -0.1) is 0 Å². The van der Waals surface area contributed by atoms with Gasteiger partial charge in [0.1, 0.15) is 15.7 Å². The van der Waals surface area contributed by atoms with Gasteiger partial charge in [0, 0.05) is 11.6 Å². The highest BCUT2D eigenvalue weighted by atomic mass is 32.2. The average Bonchev–Trinajstić information content (AvgIpc) is 3.44. The number of rotatable bonds is 6. The van der Waals surface area contributed by atoms with Crippen molar-refractivity contribution < 1.29 is 9.18 Å². The molecule has 2 aromatic rings. The van der Waals surface area contributed by atoms with Crippen LogP contribution in [-0.2, 0) is 4.87 Å². The molecule has 0 saturated heterocycles. The zero-order valence-electron chi connectivity index (χ0n) is 15.5. The van der Waals surface area contributed by atoms with Gasteiger partial charge in [-0.05, 0) is 49.9 Å². The molecule has 2 aliphatic rings. The Bertz CT molecular complexity index is 887. The summed E-state index contributed by atoms with van der Waals surface area (Å²) in [6, 6.07) is 16.2. The topological polar surface area (TPSA) is 70.7 Å². The Balaban J connectivity index is 1.76. The van der Waals surface area contributed by atoms with E-state index in [4.69, 9.17) is 5.73 Å². The molecule has 1 fully saturated rings. The van der Waals surface area contributed by atoms with E-state index < -0.39 is 4.87 Å². The fraction of sp³-hybridized carbons (Fsp3) is 0.333. The van der Waals surface area contributed by atoms with Crippen LogP contribution < -0.4 is 11.1 Å². The summed E-state index contributed by atoms with van der Waals surface area (Å²) >= 11 is 1.49. The maximum Gasteiger partial charge on any atom is 0.339 e. The van der Waals surface area contributed by atoms with E-state index >= 15 is 0 Å². The summed E-state index contributed by atoms with van der Waals surface area (Å²) in [5.74, 6) is -0.325. The van der Waals surface area contributed by atoms with Crippen molar-refractivity contribution in [3.63, 3.8) is 0 Å². The lowest BCUT2D eigenvalue weighted by Gasteiger charge is -2.35. The van der Waals surface area contributed by atoms with E-state index in [1.54, 1.807) is 11.1 Å². The van der Waals surface area contributed by atoms with Crippen LogP contribution in [0.25, 0.3) is 0 Å². The zero-order valence-corrected chi connectivity index (χ0v) is 16.3. The molecule has 2 aromatic carbocycles. The van der Waals surface area contributed by atoms with Crippen LogP contribution in [0.3, 0.4) is 0 Å². The van der Waals surface area contributed by atoms with Crippen LogP contribution in [-0.4, -0.2) is 28.7 Å². The summed E-state index contributed by atoms with van der Waals surface area (Å²) in [5, 5.41) is 9.87. The normalized spacial score (nSPS) is 21.5. The van der Waals surface area contributed by atoms with Gasteiger partial charge in [0.2, 0.25) is 0 Å². The molecule has 1 aliphatic heterocycles. The highest BCUT2D eigenvalue weighted by Crippen LogP contribution is 2.50. The molecule has 0 radical (unpaired) electrons. The Morgan fingerprint density at radius 3 is 2.71 bits per heavy atom. The molecule has 5 nitrogen and oxygen atoms in total. The number of nitrogens with two attached hydrogens (primary N) is 1. The third kappa shape index (κ3) is 3.77. The van der Waals surface area contributed by atoms with Crippen LogP contribution in [0.15, 0.2) is 59.7 Å². The quantitative estimate of drug-likeness (QED) is 0.773. The van der Waals surface area contributed by atoms with Gasteiger partial charge in [-0.25, -0.2) is 9.18 Å². The minimum atomic E-state index is -0.707. The number of hydrazone groups is 1. The highest BCUT2D eigenvalue weighted by molar-refractivity contribution is 8.15. The summed E-state index contributed by atoms with van der Waals surface area (Å²) in [6.07, 6.45) is 3.38. The van der Waals surface area contributed by atoms with Crippen molar-refractivity contribution in [1.29, 1.82) is 0 Å². The molecule has 0 aromatic heterocycles. The molecule has 2 amide bonds. The smallest absolute Gasteiger partial charge is 0.334 e. The lowest BCUT2D eigenvalue weighted by atomic mass is 10.0. The SMILES string of the molecule is NCCCC1(c2ccccc2)SC(c2cccc(F)c2)=NN1C(=O)NC1CC1. The van der Waals surface area contributed by atoms with Crippen LogP contribution in [0.5, 0.6) is 0 Å². The summed E-state index contributed by atoms with van der Waals surface area (Å²) in [6.45, 7) is 0.516. The van der Waals surface area contributed by atoms with Gasteiger partial charge >= 0.3 is 6.03 Å². The Morgan fingerprint density at radius 1 is 1.25 bits per heavy atom. The Kier molecular flexibility index (Phi) is 5.37. The first-order valence-electron chi connectivity index (χ1n) is 9.52. The van der Waals surface area contributed by atoms with Crippen LogP contribution in [0.1, 0.15) is 36.8 Å². The van der Waals surface area contributed by atoms with E-state index in [1.807, 2.05) is 36.4 Å². The number of halogens is 1. The van der Waals surface area contributed by atoms with Crippen molar-refractivity contribution in [1.82, 2.24) is 10.3 Å². The molecule has 0 bridgehead atoms. The Hall–Kier alpha value is -2.38. The van der Waals surface area contributed by atoms with Gasteiger partial charge in [-0.2, -0.15) is 10.1 Å². The number of urea groups is 1. The Morgan fingerprint density at radius 2 is 2.04 bits per heavy atom. The average molecular weight is 399 g/mol. The van der Waals surface area contributed by atoms with Crippen molar-refractivity contribution >= 4 is 22.8 Å². The van der Waals surface area contributed by atoms with Crippen molar-refractivity contribution in [2.75, 3.05) is 6.54 Å². The first kappa shape index (κ1) is 19.0. The molecule has 1 saturated carbocycles. The van der Waals surface area contributed by atoms with Gasteiger partial charge in [0.05, 0.1) is 0 Å². The minimum Gasteiger partial charge on any atom is -0.334 e. The first-order chi connectivity index (χ1) is 13.6. The van der Waals surface area contributed by atoms with Crippen LogP contribution in [0, 0.1) is 5.82 Å². The third-order valence-electron chi connectivity index (χ3n) is 4.91. The third-order valence-corrected chi connectivity index (χ3v) is 6.37. The molecular weight excluding hydrogens is 375 g/mol. The van der Waals surface area contributed by atoms with Crippen LogP contribution in [0.4, 0.5) is 9.18 Å². The van der Waals surface area contributed by atoms with Crippen molar-refractivity contribution in [3.8, 4) is 0 Å². The van der Waals surface area contributed by atoms with E-state index in [0.717, 1.165) is 24.8 Å². The minimum absolute atomic E-state index is 0.217. The predicted molar refractivity (Wildman–Crippen MR) is 110 cm³/mol. The van der Waals surface area contributed by atoms with Gasteiger partial charge in [-0.3, -0.25) is 0 Å². The number of hydrogen-bond donors (Lipinski definition) is 2. The second-order valence-corrected chi connectivity index (χ2v) is 8.36. The molecule has 7 heteroatoms. The molecule has 146 valence electrons. The highest BCUT2D eigenvalue weighted by Gasteiger charge is 2.49. The molecule has 1 unspecified atom stereocenters. The maximum absolute atomic E-state index is 13.8. The van der Waals surface area contributed by atoms with Crippen LogP contribution >= 0.6 is 11.8 Å². The maximum atomic E-state index is 13.8. The molecule has 1 heterocycles. The number of benzene rings is 2. The van der Waals surface area contributed by atoms with E-state index in [0.29, 0.717) is 23.6 Å². The van der Waals surface area contributed by atoms with Crippen LogP contribution in [0.2, 0.25) is 0 Å². The number of carbonyl (C=O) groups is 1. The summed E-state index contributed by atoms with van der Waals surface area (Å²) < 4.78 is 13.8. The van der Waals surface area contributed by atoms with Gasteiger partial charge in [-0.1, -0.05) is 54.2 Å². The van der Waals surface area contributed by atoms with E-state index in [9.17, 15) is 9.18 Å². The van der Waals surface area contributed by atoms with Crippen molar-refractivity contribution in [2.45, 2.75) is 36.6 Å². The van der Waals surface area contributed by atoms with Crippen molar-refractivity contribution in [3.05, 3.63) is 71.5 Å². The number of carbonyl (C=O) groups excluding carboxylic acids is 1. The monoisotopic (exact) mass is 398 g/mol. The zero-order chi connectivity index (χ0) is 19.6. The second kappa shape index (κ2) is 7.93. The largest absolute Gasteiger partial charge is 0.339 e. The summed E-state index contributed by atoms with van der Waals surface area (Å²) in [4.78, 5) is 12.4. The Labute approximate surface area is 168 Å². The van der Waals surface area contributed by atoms with Gasteiger partial charge in [0.25, 0.3) is 0 Å². The van der Waals surface area contributed by atoms with E-state index in [-0.39, 0.29) is 17.9 Å². The molecule has 28 heavy (non-hydrogen) atoms. The summed E-state index contributed by atoms with van der Waals surface area (Å²) in [7, 11) is 0. The van der Waals surface area contributed by atoms with Gasteiger partial charge in [0.15, 0.2) is 0 Å². The predicted octanol–water partition coefficient (Wildman–Crippen LogP) is 4.00. The number of amides is 2. The molecule has 3 N–H and O–H groups in total. The van der Waals surface area contributed by atoms with E-state index in [2.05, 4.69) is 10.4 Å². The molecule has 4 rings (SSSR count). The lowest BCUT2D eigenvalue weighted by molar-refractivity contribution is 0.162. The molecule has 1 atom stereocenters. The molecule has 0 spiro atoms. The number of hydrogen-bond acceptors (Lipinski definition) is 4. The number of thioether (sulfide) groups is 1. The first-order valence-corrected chi connectivity index (χ1v) is 10.3. The van der Waals surface area contributed by atoms with E-state index in [1.165, 1.54) is 23.9 Å². The van der Waals surface area contributed by atoms with Gasteiger partial charge < -0.3 is 11.1 Å². The fourth-order valence-electron chi connectivity index (χ4n) is 3.33. The number of nitrogens with one attached hydrogen (secondary N) is 1. The standard InChI is InChI=1S/C21H23FN4OS/c22-17-9-4-6-15(14-17)19-25-26(20(27)24-18-10-11-18)21(28-19,12-5-13-23)16-7-2-1-3-8-16/h1-4,6-9,14,18H,5,10-13,23H2,(H,24,27). The molecular formula is C21H23FN4OS. The van der Waals surface area contributed by atoms with Crippen molar-refractivity contribution in [2.24, 2.45) is 10.8 Å². The molecule has 1 aliphatic carbocycles.